The van der Waals surface area contributed by atoms with Crippen molar-refractivity contribution < 1.29 is 18.5 Å². The molecule has 2 aliphatic heterocycles. The van der Waals surface area contributed by atoms with E-state index in [0.29, 0.717) is 44.1 Å². The highest BCUT2D eigenvalue weighted by atomic mass is 19.1. The van der Waals surface area contributed by atoms with Crippen LogP contribution in [-0.4, -0.2) is 59.3 Å². The first kappa shape index (κ1) is 18.4. The van der Waals surface area contributed by atoms with E-state index in [2.05, 4.69) is 15.8 Å². The van der Waals surface area contributed by atoms with Crippen LogP contribution in [0.15, 0.2) is 10.6 Å². The highest BCUT2D eigenvalue weighted by Gasteiger charge is 2.45. The molecule has 3 heterocycles. The number of rotatable bonds is 4. The van der Waals surface area contributed by atoms with Crippen LogP contribution in [0.5, 0.6) is 0 Å². The average Bonchev–Trinajstić information content (AvgIpc) is 3.38. The molecule has 8 heteroatoms. The second-order valence-corrected chi connectivity index (χ2v) is 8.15. The lowest BCUT2D eigenvalue weighted by Gasteiger charge is -2.42. The second kappa shape index (κ2) is 7.22. The molecule has 1 aromatic heterocycles. The van der Waals surface area contributed by atoms with Crippen molar-refractivity contribution in [3.8, 4) is 0 Å². The predicted octanol–water partition coefficient (Wildman–Crippen LogP) is 1.75. The molecule has 2 amide bonds. The molecule has 2 saturated heterocycles. The molecule has 7 nitrogen and oxygen atoms in total. The van der Waals surface area contributed by atoms with Crippen LogP contribution in [0.3, 0.4) is 0 Å². The summed E-state index contributed by atoms with van der Waals surface area (Å²) >= 11 is 0. The van der Waals surface area contributed by atoms with Gasteiger partial charge in [0.25, 0.3) is 11.8 Å². The van der Waals surface area contributed by atoms with Crippen molar-refractivity contribution in [1.29, 1.82) is 0 Å². The minimum Gasteiger partial charge on any atom is -0.360 e. The Hall–Kier alpha value is -1.96. The normalized spacial score (nSPS) is 28.0. The molecule has 4 rings (SSSR count). The first-order valence-electron chi connectivity index (χ1n) is 9.94. The molecule has 0 bridgehead atoms. The van der Waals surface area contributed by atoms with Gasteiger partial charge in [-0.05, 0) is 45.7 Å². The lowest BCUT2D eigenvalue weighted by Crippen LogP contribution is -2.57. The molecular formula is C19H27FN4O3. The van der Waals surface area contributed by atoms with E-state index in [1.54, 1.807) is 11.0 Å². The summed E-state index contributed by atoms with van der Waals surface area (Å²) in [6.45, 7) is 3.44. The van der Waals surface area contributed by atoms with Gasteiger partial charge in [0.15, 0.2) is 11.4 Å². The molecule has 2 N–H and O–H groups in total. The monoisotopic (exact) mass is 378 g/mol. The van der Waals surface area contributed by atoms with Crippen LogP contribution in [0.25, 0.3) is 0 Å². The number of nitrogens with one attached hydrogen (secondary N) is 2. The molecule has 3 aliphatic rings. The Bertz CT molecular complexity index is 712. The van der Waals surface area contributed by atoms with E-state index in [1.807, 2.05) is 6.92 Å². The van der Waals surface area contributed by atoms with Crippen LogP contribution >= 0.6 is 0 Å². The maximum atomic E-state index is 15.0. The molecule has 27 heavy (non-hydrogen) atoms. The molecule has 1 aromatic rings. The van der Waals surface area contributed by atoms with E-state index in [0.717, 1.165) is 18.6 Å². The number of hydrogen-bond acceptors (Lipinski definition) is 5. The summed E-state index contributed by atoms with van der Waals surface area (Å²) < 4.78 is 20.2. The topological polar surface area (TPSA) is 87.5 Å². The van der Waals surface area contributed by atoms with Gasteiger partial charge in [-0.2, -0.15) is 0 Å². The van der Waals surface area contributed by atoms with Crippen molar-refractivity contribution >= 4 is 11.8 Å². The van der Waals surface area contributed by atoms with Crippen molar-refractivity contribution in [2.24, 2.45) is 0 Å². The van der Waals surface area contributed by atoms with Gasteiger partial charge in [0.05, 0.1) is 0 Å². The Morgan fingerprint density at radius 1 is 1.33 bits per heavy atom. The fourth-order valence-corrected chi connectivity index (χ4v) is 4.12. The van der Waals surface area contributed by atoms with Crippen LogP contribution < -0.4 is 10.6 Å². The fourth-order valence-electron chi connectivity index (χ4n) is 4.12. The summed E-state index contributed by atoms with van der Waals surface area (Å²) in [6.07, 6.45) is 3.86. The largest absolute Gasteiger partial charge is 0.360 e. The number of halogens is 1. The van der Waals surface area contributed by atoms with E-state index >= 15 is 4.39 Å². The van der Waals surface area contributed by atoms with Gasteiger partial charge in [0.1, 0.15) is 5.76 Å². The Balaban J connectivity index is 1.32. The number of likely N-dealkylation sites (tertiary alicyclic amines) is 1. The van der Waals surface area contributed by atoms with Gasteiger partial charge in [0, 0.05) is 43.5 Å². The molecule has 0 radical (unpaired) electrons. The van der Waals surface area contributed by atoms with Gasteiger partial charge in [-0.25, -0.2) is 4.39 Å². The number of carbonyl (C=O) groups is 2. The van der Waals surface area contributed by atoms with Crippen LogP contribution in [0.4, 0.5) is 4.39 Å². The van der Waals surface area contributed by atoms with Crippen molar-refractivity contribution in [1.82, 2.24) is 20.7 Å². The SMILES string of the molecule is C[C@@H]1CC(NC(=O)c2cc(C3CC3)on2)CCN1C(=O)C1(F)CCNCC1. The molecule has 2 atom stereocenters. The van der Waals surface area contributed by atoms with Gasteiger partial charge in [-0.1, -0.05) is 5.16 Å². The van der Waals surface area contributed by atoms with Crippen LogP contribution in [0.1, 0.15) is 67.6 Å². The number of hydrogen-bond donors (Lipinski definition) is 2. The van der Waals surface area contributed by atoms with Crippen molar-refractivity contribution in [3.05, 3.63) is 17.5 Å². The zero-order valence-electron chi connectivity index (χ0n) is 15.7. The number of aromatic nitrogens is 1. The summed E-state index contributed by atoms with van der Waals surface area (Å²) in [5.41, 5.74) is -1.45. The van der Waals surface area contributed by atoms with Gasteiger partial charge >= 0.3 is 0 Å². The van der Waals surface area contributed by atoms with Crippen LogP contribution in [0, 0.1) is 0 Å². The highest BCUT2D eigenvalue weighted by Crippen LogP contribution is 2.40. The lowest BCUT2D eigenvalue weighted by molar-refractivity contribution is -0.149. The maximum absolute atomic E-state index is 15.0. The zero-order valence-corrected chi connectivity index (χ0v) is 15.7. The van der Waals surface area contributed by atoms with Gasteiger partial charge in [0.2, 0.25) is 0 Å². The van der Waals surface area contributed by atoms with E-state index < -0.39 is 11.6 Å². The smallest absolute Gasteiger partial charge is 0.273 e. The van der Waals surface area contributed by atoms with E-state index in [9.17, 15) is 9.59 Å². The van der Waals surface area contributed by atoms with Crippen molar-refractivity contribution in [2.75, 3.05) is 19.6 Å². The molecule has 1 aliphatic carbocycles. The molecule has 0 aromatic carbocycles. The van der Waals surface area contributed by atoms with Gasteiger partial charge in [-0.3, -0.25) is 9.59 Å². The van der Waals surface area contributed by atoms with Crippen molar-refractivity contribution in [2.45, 2.75) is 69.1 Å². The summed E-state index contributed by atoms with van der Waals surface area (Å²) in [5, 5.41) is 9.95. The van der Waals surface area contributed by atoms with E-state index in [4.69, 9.17) is 4.52 Å². The van der Waals surface area contributed by atoms with Crippen LogP contribution in [-0.2, 0) is 4.79 Å². The number of piperidine rings is 2. The fraction of sp³-hybridized carbons (Fsp3) is 0.737. The summed E-state index contributed by atoms with van der Waals surface area (Å²) in [4.78, 5) is 26.8. The second-order valence-electron chi connectivity index (χ2n) is 8.15. The molecule has 1 unspecified atom stereocenters. The molecule has 3 fully saturated rings. The summed E-state index contributed by atoms with van der Waals surface area (Å²) in [7, 11) is 0. The van der Waals surface area contributed by atoms with Gasteiger partial charge < -0.3 is 20.1 Å². The third-order valence-corrected chi connectivity index (χ3v) is 5.99. The number of carbonyl (C=O) groups excluding carboxylic acids is 2. The third-order valence-electron chi connectivity index (χ3n) is 5.99. The zero-order chi connectivity index (χ0) is 19.0. The minimum atomic E-state index is -1.75. The Kier molecular flexibility index (Phi) is 4.92. The first-order valence-corrected chi connectivity index (χ1v) is 9.94. The molecule has 148 valence electrons. The molecule has 1 saturated carbocycles. The highest BCUT2D eigenvalue weighted by molar-refractivity contribution is 5.92. The van der Waals surface area contributed by atoms with Gasteiger partial charge in [-0.15, -0.1) is 0 Å². The Labute approximate surface area is 158 Å². The summed E-state index contributed by atoms with van der Waals surface area (Å²) in [6, 6.07) is 1.55. The van der Waals surface area contributed by atoms with Crippen LogP contribution in [0.2, 0.25) is 0 Å². The summed E-state index contributed by atoms with van der Waals surface area (Å²) in [5.74, 6) is 0.551. The molecular weight excluding hydrogens is 351 g/mol. The maximum Gasteiger partial charge on any atom is 0.273 e. The van der Waals surface area contributed by atoms with E-state index in [-0.39, 0.29) is 30.8 Å². The Morgan fingerprint density at radius 2 is 2.07 bits per heavy atom. The van der Waals surface area contributed by atoms with E-state index in [1.165, 1.54) is 0 Å². The van der Waals surface area contributed by atoms with Crippen molar-refractivity contribution in [3.63, 3.8) is 0 Å². The number of alkyl halides is 1. The quantitative estimate of drug-likeness (QED) is 0.834. The average molecular weight is 378 g/mol. The predicted molar refractivity (Wildman–Crippen MR) is 96.1 cm³/mol. The lowest BCUT2D eigenvalue weighted by atomic mass is 9.90. The number of nitrogens with zero attached hydrogens (tertiary/aromatic N) is 2. The first-order chi connectivity index (χ1) is 13.0. The molecule has 0 spiro atoms. The third kappa shape index (κ3) is 3.85. The Morgan fingerprint density at radius 3 is 2.74 bits per heavy atom. The minimum absolute atomic E-state index is 0.0544. The number of amides is 2. The standard InChI is InChI=1S/C19H27FN4O3/c1-12-10-14(22-17(25)15-11-16(27-23-15)13-2-3-13)4-9-24(12)18(26)19(20)5-7-21-8-6-19/h11-14,21H,2-10H2,1H3,(H,22,25)/t12-,14?/m1/s1.